The summed E-state index contributed by atoms with van der Waals surface area (Å²) in [6, 6.07) is 14.5. The molecule has 7 heteroatoms. The van der Waals surface area contributed by atoms with E-state index < -0.39 is 12.0 Å². The highest BCUT2D eigenvalue weighted by molar-refractivity contribution is 6.62. The Labute approximate surface area is 153 Å². The van der Waals surface area contributed by atoms with E-state index in [4.69, 9.17) is 9.31 Å². The molecule has 1 heterocycles. The van der Waals surface area contributed by atoms with E-state index in [0.717, 1.165) is 16.7 Å². The molecule has 0 saturated carbocycles. The monoisotopic (exact) mass is 354 g/mol. The van der Waals surface area contributed by atoms with E-state index in [9.17, 15) is 10.1 Å². The van der Waals surface area contributed by atoms with Crippen molar-refractivity contribution in [3.63, 3.8) is 0 Å². The standard InChI is InChI=1S/C19H23BN2O4/c1-18(2)19(3,4)26-20(25-18)15-6-5-7-16(12-15)21-13-14-8-10-17(11-9-14)22(23)24/h5-12,21H,13H2,1-4H3. The Hall–Kier alpha value is -2.38. The second-order valence-electron chi connectivity index (χ2n) is 7.49. The Balaban J connectivity index is 1.67. The fourth-order valence-corrected chi connectivity index (χ4v) is 2.71. The SMILES string of the molecule is CC1(C)OB(c2cccc(NCc3ccc([N+](=O)[O-])cc3)c2)OC1(C)C. The second kappa shape index (κ2) is 6.74. The fourth-order valence-electron chi connectivity index (χ4n) is 2.71. The van der Waals surface area contributed by atoms with Crippen LogP contribution in [0.2, 0.25) is 0 Å². The smallest absolute Gasteiger partial charge is 0.399 e. The molecule has 1 aliphatic heterocycles. The van der Waals surface area contributed by atoms with Gasteiger partial charge in [-0.25, -0.2) is 0 Å². The number of benzene rings is 2. The third-order valence-electron chi connectivity index (χ3n) is 5.06. The van der Waals surface area contributed by atoms with Gasteiger partial charge in [-0.1, -0.05) is 24.3 Å². The van der Waals surface area contributed by atoms with Crippen molar-refractivity contribution >= 4 is 24.0 Å². The molecule has 3 rings (SSSR count). The molecule has 0 aromatic heterocycles. The molecule has 0 amide bonds. The topological polar surface area (TPSA) is 73.6 Å². The number of non-ortho nitro benzene ring substituents is 1. The molecule has 0 spiro atoms. The van der Waals surface area contributed by atoms with Crippen molar-refractivity contribution < 1.29 is 14.2 Å². The molecule has 1 fully saturated rings. The Morgan fingerprint density at radius 1 is 1.04 bits per heavy atom. The van der Waals surface area contributed by atoms with Crippen molar-refractivity contribution in [2.24, 2.45) is 0 Å². The van der Waals surface area contributed by atoms with Crippen molar-refractivity contribution in [2.45, 2.75) is 45.4 Å². The van der Waals surface area contributed by atoms with Crippen molar-refractivity contribution in [1.82, 2.24) is 0 Å². The molecule has 0 bridgehead atoms. The summed E-state index contributed by atoms with van der Waals surface area (Å²) in [4.78, 5) is 10.3. The van der Waals surface area contributed by atoms with Crippen LogP contribution in [0.3, 0.4) is 0 Å². The van der Waals surface area contributed by atoms with Crippen LogP contribution in [0, 0.1) is 10.1 Å². The minimum atomic E-state index is -0.402. The zero-order valence-corrected chi connectivity index (χ0v) is 15.5. The lowest BCUT2D eigenvalue weighted by molar-refractivity contribution is -0.384. The highest BCUT2D eigenvalue weighted by Crippen LogP contribution is 2.36. The summed E-state index contributed by atoms with van der Waals surface area (Å²) in [7, 11) is -0.402. The maximum Gasteiger partial charge on any atom is 0.494 e. The maximum absolute atomic E-state index is 10.7. The molecule has 1 saturated heterocycles. The molecule has 6 nitrogen and oxygen atoms in total. The first-order valence-corrected chi connectivity index (χ1v) is 8.61. The maximum atomic E-state index is 10.7. The van der Waals surface area contributed by atoms with Crippen LogP contribution in [0.1, 0.15) is 33.3 Å². The Kier molecular flexibility index (Phi) is 4.77. The van der Waals surface area contributed by atoms with Crippen LogP contribution < -0.4 is 10.8 Å². The average molecular weight is 354 g/mol. The summed E-state index contributed by atoms with van der Waals surface area (Å²) < 4.78 is 12.2. The van der Waals surface area contributed by atoms with Gasteiger partial charge in [0, 0.05) is 24.4 Å². The summed E-state index contributed by atoms with van der Waals surface area (Å²) in [5, 5.41) is 14.0. The van der Waals surface area contributed by atoms with Gasteiger partial charge in [0.15, 0.2) is 0 Å². The summed E-state index contributed by atoms with van der Waals surface area (Å²) in [5.74, 6) is 0. The molecule has 2 aromatic carbocycles. The number of hydrogen-bond acceptors (Lipinski definition) is 5. The van der Waals surface area contributed by atoms with Crippen molar-refractivity contribution in [3.05, 3.63) is 64.2 Å². The van der Waals surface area contributed by atoms with Crippen LogP contribution in [-0.4, -0.2) is 23.2 Å². The number of hydrogen-bond donors (Lipinski definition) is 1. The molecule has 0 radical (unpaired) electrons. The first-order valence-electron chi connectivity index (χ1n) is 8.61. The minimum absolute atomic E-state index is 0.0940. The molecule has 1 aliphatic rings. The van der Waals surface area contributed by atoms with Crippen LogP contribution in [-0.2, 0) is 15.9 Å². The summed E-state index contributed by atoms with van der Waals surface area (Å²) >= 11 is 0. The predicted molar refractivity (Wildman–Crippen MR) is 103 cm³/mol. The Bertz CT molecular complexity index is 789. The molecule has 0 unspecified atom stereocenters. The average Bonchev–Trinajstić information content (AvgIpc) is 2.81. The molecular formula is C19H23BN2O4. The van der Waals surface area contributed by atoms with Crippen LogP contribution in [0.4, 0.5) is 11.4 Å². The lowest BCUT2D eigenvalue weighted by atomic mass is 9.79. The van der Waals surface area contributed by atoms with Gasteiger partial charge in [-0.15, -0.1) is 0 Å². The van der Waals surface area contributed by atoms with Gasteiger partial charge in [0.25, 0.3) is 5.69 Å². The number of anilines is 1. The number of rotatable bonds is 5. The minimum Gasteiger partial charge on any atom is -0.399 e. The van der Waals surface area contributed by atoms with E-state index in [1.54, 1.807) is 12.1 Å². The summed E-state index contributed by atoms with van der Waals surface area (Å²) in [6.07, 6.45) is 0. The Morgan fingerprint density at radius 2 is 1.65 bits per heavy atom. The van der Waals surface area contributed by atoms with Gasteiger partial charge in [-0.3, -0.25) is 10.1 Å². The molecule has 1 N–H and O–H groups in total. The van der Waals surface area contributed by atoms with Gasteiger partial charge in [-0.2, -0.15) is 0 Å². The van der Waals surface area contributed by atoms with Crippen molar-refractivity contribution in [2.75, 3.05) is 5.32 Å². The predicted octanol–water partition coefficient (Wildman–Crippen LogP) is 3.51. The van der Waals surface area contributed by atoms with Gasteiger partial charge in [0.2, 0.25) is 0 Å². The number of nitro benzene ring substituents is 1. The lowest BCUT2D eigenvalue weighted by Crippen LogP contribution is -2.41. The van der Waals surface area contributed by atoms with E-state index in [2.05, 4.69) is 5.32 Å². The van der Waals surface area contributed by atoms with Crippen molar-refractivity contribution in [1.29, 1.82) is 0 Å². The summed E-state index contributed by atoms with van der Waals surface area (Å²) in [6.45, 7) is 8.70. The Morgan fingerprint density at radius 3 is 2.23 bits per heavy atom. The quantitative estimate of drug-likeness (QED) is 0.505. The largest absolute Gasteiger partial charge is 0.494 e. The van der Waals surface area contributed by atoms with E-state index >= 15 is 0 Å². The summed E-state index contributed by atoms with van der Waals surface area (Å²) in [5.41, 5.74) is 2.21. The van der Waals surface area contributed by atoms with Crippen LogP contribution in [0.5, 0.6) is 0 Å². The van der Waals surface area contributed by atoms with Crippen LogP contribution in [0.15, 0.2) is 48.5 Å². The van der Waals surface area contributed by atoms with Crippen LogP contribution >= 0.6 is 0 Å². The zero-order valence-electron chi connectivity index (χ0n) is 15.5. The highest BCUT2D eigenvalue weighted by Gasteiger charge is 2.51. The first-order chi connectivity index (χ1) is 12.2. The molecule has 26 heavy (non-hydrogen) atoms. The van der Waals surface area contributed by atoms with Crippen molar-refractivity contribution in [3.8, 4) is 0 Å². The number of nitro groups is 1. The first kappa shape index (κ1) is 18.4. The third kappa shape index (κ3) is 3.74. The molecular weight excluding hydrogens is 331 g/mol. The molecule has 0 aliphatic carbocycles. The van der Waals surface area contributed by atoms with Gasteiger partial charge >= 0.3 is 7.12 Å². The van der Waals surface area contributed by atoms with E-state index in [-0.39, 0.29) is 16.9 Å². The van der Waals surface area contributed by atoms with Gasteiger partial charge in [-0.05, 0) is 50.9 Å². The third-order valence-corrected chi connectivity index (χ3v) is 5.06. The number of nitrogens with zero attached hydrogens (tertiary/aromatic N) is 1. The fraction of sp³-hybridized carbons (Fsp3) is 0.368. The lowest BCUT2D eigenvalue weighted by Gasteiger charge is -2.32. The molecule has 0 atom stereocenters. The zero-order chi connectivity index (χ0) is 18.9. The van der Waals surface area contributed by atoms with E-state index in [1.165, 1.54) is 12.1 Å². The van der Waals surface area contributed by atoms with Crippen LogP contribution in [0.25, 0.3) is 0 Å². The second-order valence-corrected chi connectivity index (χ2v) is 7.49. The van der Waals surface area contributed by atoms with E-state index in [0.29, 0.717) is 6.54 Å². The molecule has 136 valence electrons. The molecule has 2 aromatic rings. The van der Waals surface area contributed by atoms with E-state index in [1.807, 2.05) is 52.0 Å². The van der Waals surface area contributed by atoms with Gasteiger partial charge < -0.3 is 14.6 Å². The number of nitrogens with one attached hydrogen (secondary N) is 1. The van der Waals surface area contributed by atoms with Gasteiger partial charge in [0.1, 0.15) is 0 Å². The highest BCUT2D eigenvalue weighted by atomic mass is 16.7. The normalized spacial score (nSPS) is 17.9. The van der Waals surface area contributed by atoms with Gasteiger partial charge in [0.05, 0.1) is 16.1 Å².